The number of esters is 8. The number of cyclic esters (lactones) is 8. The van der Waals surface area contributed by atoms with Crippen LogP contribution in [0.5, 0.6) is 0 Å². The van der Waals surface area contributed by atoms with E-state index < -0.39 is 165 Å². The molecule has 6 fully saturated rings. The highest BCUT2D eigenvalue weighted by Gasteiger charge is 2.47. The summed E-state index contributed by atoms with van der Waals surface area (Å²) < 4.78 is 69.1. The maximum absolute atomic E-state index is 11.4. The SMILES string of the molecule is CC(=O)SCC1C(=O)OC(=O)C1CSC(C)=O.CS(=O)(=O)OCC1C(=O)OC(=O)C1COS(C)(=O)=O.NC(=O)C1CSSCC1C(=O)O.NC(=O)C1CSSCC1C(N)=O.NCC(CS)C(CN)CS.O=C1CCC(=O)O1.O=C1OC(=O)C(CO)C1CO. The second-order valence-corrected chi connectivity index (χ2v) is 30.1. The average Bonchev–Trinajstić information content (AvgIpc) is 3.05. The van der Waals surface area contributed by atoms with Crippen molar-refractivity contribution in [2.24, 2.45) is 99.7 Å². The molecule has 6 aliphatic rings. The van der Waals surface area contributed by atoms with Crippen LogP contribution in [-0.2, 0) is 115 Å². The van der Waals surface area contributed by atoms with Crippen molar-refractivity contribution < 1.29 is 127 Å². The minimum absolute atomic E-state index is 0.116. The first kappa shape index (κ1) is 84.2. The summed E-state index contributed by atoms with van der Waals surface area (Å²) in [6, 6.07) is 0. The molecule has 12 atom stereocenters. The van der Waals surface area contributed by atoms with Crippen molar-refractivity contribution in [3.8, 4) is 0 Å². The number of aliphatic hydroxyl groups excluding tert-OH is 2. The molecule has 6 rings (SSSR count). The molecule has 6 saturated heterocycles. The topological polar surface area (TPSA) is 553 Å². The summed E-state index contributed by atoms with van der Waals surface area (Å²) in [5.74, 6) is -9.98. The van der Waals surface area contributed by atoms with Crippen LogP contribution in [0.4, 0.5) is 0 Å². The lowest BCUT2D eigenvalue weighted by molar-refractivity contribution is -0.156. The molecule has 0 saturated carbocycles. The Labute approximate surface area is 541 Å². The third-order valence-electron chi connectivity index (χ3n) is 12.2. The number of carbonyl (C=O) groups excluding carboxylic acids is 13. The van der Waals surface area contributed by atoms with E-state index in [4.69, 9.17) is 44.0 Å². The van der Waals surface area contributed by atoms with Gasteiger partial charge in [-0.3, -0.25) is 75.5 Å². The zero-order chi connectivity index (χ0) is 67.8. The van der Waals surface area contributed by atoms with E-state index in [1.165, 1.54) is 35.4 Å². The van der Waals surface area contributed by atoms with Crippen LogP contribution >= 0.6 is 92.0 Å². The lowest BCUT2D eigenvalue weighted by Crippen LogP contribution is -2.41. The number of aliphatic hydroxyl groups is 2. The van der Waals surface area contributed by atoms with E-state index in [2.05, 4.69) is 52.6 Å². The highest BCUT2D eigenvalue weighted by atomic mass is 33.1. The summed E-state index contributed by atoms with van der Waals surface area (Å²) in [6.07, 6.45) is 2.08. The Morgan fingerprint density at radius 1 is 0.523 bits per heavy atom. The second kappa shape index (κ2) is 43.1. The predicted octanol–water partition coefficient (Wildman–Crippen LogP) is -2.98. The lowest BCUT2D eigenvalue weighted by Gasteiger charge is -2.25. The smallest absolute Gasteiger partial charge is 0.319 e. The third-order valence-corrected chi connectivity index (χ3v) is 21.0. The van der Waals surface area contributed by atoms with E-state index in [1.807, 2.05) is 0 Å². The fourth-order valence-corrected chi connectivity index (χ4v) is 15.7. The summed E-state index contributed by atoms with van der Waals surface area (Å²) in [6.45, 7) is 1.96. The Balaban J connectivity index is 0.00000102. The summed E-state index contributed by atoms with van der Waals surface area (Å²) >= 11 is 10.3. The fraction of sp³-hybridized carbons (Fsp3) is 0.696. The van der Waals surface area contributed by atoms with Crippen molar-refractivity contribution in [2.75, 3.05) is 98.1 Å². The van der Waals surface area contributed by atoms with E-state index in [0.29, 0.717) is 47.9 Å². The summed E-state index contributed by atoms with van der Waals surface area (Å²) in [7, 11) is -1.49. The number of thiol groups is 2. The highest BCUT2D eigenvalue weighted by molar-refractivity contribution is 8.77. The summed E-state index contributed by atoms with van der Waals surface area (Å²) in [5, 5.41) is 25.7. The zero-order valence-corrected chi connectivity index (χ0v) is 55.7. The first-order valence-corrected chi connectivity index (χ1v) is 37.2. The Kier molecular flexibility index (Phi) is 41.3. The molecule has 0 spiro atoms. The van der Waals surface area contributed by atoms with Crippen LogP contribution in [0, 0.1) is 71.0 Å². The van der Waals surface area contributed by atoms with Gasteiger partial charge in [0.1, 0.15) is 0 Å². The average molecular weight is 1450 g/mol. The molecule has 0 radical (unpaired) electrons. The first-order valence-electron chi connectivity index (χ1n) is 25.3. The van der Waals surface area contributed by atoms with Gasteiger partial charge in [-0.15, -0.1) is 0 Å². The third kappa shape index (κ3) is 32.5. The Morgan fingerprint density at radius 3 is 1.00 bits per heavy atom. The zero-order valence-electron chi connectivity index (χ0n) is 47.4. The molecular formula is C46H71N5O27S10. The molecule has 12 unspecified atom stereocenters. The van der Waals surface area contributed by atoms with Crippen molar-refractivity contribution in [1.29, 1.82) is 0 Å². The Bertz CT molecular complexity index is 2470. The standard InChI is InChI=1S/C10H12O5S2.C8H12O9S2.C6H10N2O2S2.C6H16N2S2.C6H9NO3S2.C6H8O5.C4H4O3/c1-5(11)16-3-7-8(4-17-6(2)12)10(14)15-9(7)13;1-18(11,12)15-3-5-6(4-16-19(2,13)14)8(10)17-7(5)9;7-5(9)3-1-11-12-2-4(3)6(8)10;7-1-5(3-9)6(2-8)4-10;7-5(8)3-1-11-12-2-4(3)6(9)10;7-1-3-4(2-8)6(10)11-5(3)9;5-3-1-2-4(6)7-3/h7-8H,3-4H2,1-2H3;5-6H,3-4H2,1-2H3;3-4H,1-2H2,(H2,7,9)(H2,8,10);5-6,9-10H,1-4,7-8H2;3-4H,1-2H2,(H2,7,8)(H,9,10);3-4,7-8H,1-2H2;1-2H2. The van der Waals surface area contributed by atoms with E-state index in [1.54, 1.807) is 21.6 Å². The van der Waals surface area contributed by atoms with Crippen LogP contribution in [0.3, 0.4) is 0 Å². The van der Waals surface area contributed by atoms with Gasteiger partial charge in [0.25, 0.3) is 20.2 Å². The number of carboxylic acid groups (broad SMARTS) is 1. The largest absolute Gasteiger partial charge is 0.481 e. The van der Waals surface area contributed by atoms with Crippen molar-refractivity contribution in [2.45, 2.75) is 26.7 Å². The number of aliphatic carboxylic acids is 1. The van der Waals surface area contributed by atoms with E-state index in [9.17, 15) is 84.0 Å². The predicted molar refractivity (Wildman–Crippen MR) is 328 cm³/mol. The monoisotopic (exact) mass is 1450 g/mol. The number of amides is 3. The van der Waals surface area contributed by atoms with Gasteiger partial charge in [0.15, 0.2) is 10.2 Å². The summed E-state index contributed by atoms with van der Waals surface area (Å²) in [5.41, 5.74) is 26.3. The molecular weight excluding hydrogens is 1380 g/mol. The Morgan fingerprint density at radius 2 is 0.795 bits per heavy atom. The minimum atomic E-state index is -3.80. The van der Waals surface area contributed by atoms with Gasteiger partial charge in [-0.05, 0) is 36.4 Å². The van der Waals surface area contributed by atoms with Gasteiger partial charge in [-0.1, -0.05) is 66.7 Å². The lowest BCUT2D eigenvalue weighted by atomic mass is 9.94. The molecule has 88 heavy (non-hydrogen) atoms. The molecule has 0 bridgehead atoms. The number of hydrogen-bond donors (Lipinski definition) is 10. The van der Waals surface area contributed by atoms with Gasteiger partial charge < -0.3 is 62.9 Å². The van der Waals surface area contributed by atoms with Gasteiger partial charge in [-0.25, -0.2) is 0 Å². The van der Waals surface area contributed by atoms with Gasteiger partial charge in [-0.2, -0.15) is 42.1 Å². The number of thioether (sulfide) groups is 2. The van der Waals surface area contributed by atoms with Crippen LogP contribution in [0.1, 0.15) is 26.7 Å². The van der Waals surface area contributed by atoms with Crippen LogP contribution in [0.15, 0.2) is 0 Å². The molecule has 502 valence electrons. The number of primary amides is 3. The van der Waals surface area contributed by atoms with Gasteiger partial charge >= 0.3 is 53.7 Å². The first-order chi connectivity index (χ1) is 40.9. The van der Waals surface area contributed by atoms with Crippen molar-refractivity contribution in [3.05, 3.63) is 0 Å². The van der Waals surface area contributed by atoms with Crippen molar-refractivity contribution in [3.63, 3.8) is 0 Å². The number of ether oxygens (including phenoxy) is 4. The van der Waals surface area contributed by atoms with E-state index >= 15 is 0 Å². The second-order valence-electron chi connectivity index (χ2n) is 18.6. The van der Waals surface area contributed by atoms with E-state index in [0.717, 1.165) is 47.5 Å². The fourth-order valence-electron chi connectivity index (χ4n) is 6.99. The quantitative estimate of drug-likeness (QED) is 0.0137. The molecule has 6 heterocycles. The van der Waals surface area contributed by atoms with Crippen LogP contribution in [0.25, 0.3) is 0 Å². The number of carboxylic acids is 1. The van der Waals surface area contributed by atoms with E-state index in [-0.39, 0.29) is 46.4 Å². The molecule has 6 aliphatic heterocycles. The van der Waals surface area contributed by atoms with Crippen LogP contribution in [0.2, 0.25) is 0 Å². The van der Waals surface area contributed by atoms with Crippen LogP contribution < -0.4 is 28.7 Å². The molecule has 0 aromatic carbocycles. The van der Waals surface area contributed by atoms with Gasteiger partial charge in [0, 0.05) is 48.4 Å². The van der Waals surface area contributed by atoms with Gasteiger partial charge in [0.05, 0.1) is 111 Å². The summed E-state index contributed by atoms with van der Waals surface area (Å²) in [4.78, 5) is 152. The molecule has 0 aliphatic carbocycles. The van der Waals surface area contributed by atoms with Crippen molar-refractivity contribution >= 4 is 194 Å². The number of hydrogen-bond acceptors (Lipinski definition) is 36. The molecule has 0 aromatic heterocycles. The molecule has 3 amide bonds. The highest BCUT2D eigenvalue weighted by Crippen LogP contribution is 2.37. The minimum Gasteiger partial charge on any atom is -0.481 e. The maximum Gasteiger partial charge on any atom is 0.319 e. The number of rotatable bonds is 21. The molecule has 13 N–H and O–H groups in total. The molecule has 42 heteroatoms. The molecule has 32 nitrogen and oxygen atoms in total. The Hall–Kier alpha value is -3.76. The van der Waals surface area contributed by atoms with Gasteiger partial charge in [0.2, 0.25) is 17.7 Å². The number of carbonyl (C=O) groups is 14. The van der Waals surface area contributed by atoms with Crippen LogP contribution in [-0.4, -0.2) is 212 Å². The number of nitrogens with two attached hydrogens (primary N) is 5. The normalized spacial score (nSPS) is 25.3. The molecule has 0 aromatic rings. The maximum atomic E-state index is 11.4. The van der Waals surface area contributed by atoms with Crippen molar-refractivity contribution in [1.82, 2.24) is 0 Å².